The van der Waals surface area contributed by atoms with E-state index in [0.29, 0.717) is 6.10 Å². The molecule has 3 heteroatoms. The Balaban J connectivity index is 0.000000141. The van der Waals surface area contributed by atoms with E-state index in [1.807, 2.05) is 26.0 Å². The number of ether oxygens (including phenoxy) is 2. The van der Waals surface area contributed by atoms with Crippen LogP contribution < -0.4 is 0 Å². The molecule has 1 aromatic heterocycles. The number of H-pyrrole nitrogens is 1. The highest BCUT2D eigenvalue weighted by molar-refractivity contribution is 5.79. The molecule has 1 unspecified atom stereocenters. The third kappa shape index (κ3) is 4.45. The fourth-order valence-corrected chi connectivity index (χ4v) is 1.69. The van der Waals surface area contributed by atoms with E-state index >= 15 is 0 Å². The quantitative estimate of drug-likeness (QED) is 0.672. The Kier molecular flexibility index (Phi) is 4.63. The van der Waals surface area contributed by atoms with Crippen molar-refractivity contribution in [3.05, 3.63) is 47.9 Å². The second-order valence-corrected chi connectivity index (χ2v) is 4.71. The fraction of sp³-hybridized carbons (Fsp3) is 0.375. The van der Waals surface area contributed by atoms with E-state index in [4.69, 9.17) is 9.47 Å². The van der Waals surface area contributed by atoms with Crippen LogP contribution in [0.25, 0.3) is 10.9 Å². The molecule has 3 nitrogen and oxygen atoms in total. The summed E-state index contributed by atoms with van der Waals surface area (Å²) in [6.45, 7) is 7.57. The molecule has 0 spiro atoms. The lowest BCUT2D eigenvalue weighted by atomic mass is 10.2. The van der Waals surface area contributed by atoms with Crippen molar-refractivity contribution in [2.75, 3.05) is 13.2 Å². The summed E-state index contributed by atoms with van der Waals surface area (Å²) in [5, 5.41) is 1.29. The Morgan fingerprint density at radius 1 is 1.47 bits per heavy atom. The second kappa shape index (κ2) is 6.43. The number of aromatic nitrogens is 1. The molecule has 0 bridgehead atoms. The van der Waals surface area contributed by atoms with Crippen molar-refractivity contribution in [1.82, 2.24) is 4.98 Å². The molecule has 1 atom stereocenters. The predicted octanol–water partition coefficient (Wildman–Crippen LogP) is 3.80. The van der Waals surface area contributed by atoms with Crippen LogP contribution in [0.1, 0.15) is 19.5 Å². The number of nitrogens with one attached hydrogen (secondary N) is 1. The minimum Gasteiger partial charge on any atom is -0.496 e. The van der Waals surface area contributed by atoms with E-state index < -0.39 is 0 Å². The molecular weight excluding hydrogens is 238 g/mol. The first-order valence-electron chi connectivity index (χ1n) is 6.60. The average molecular weight is 259 g/mol. The molecule has 1 N–H and O–H groups in total. The second-order valence-electron chi connectivity index (χ2n) is 4.71. The van der Waals surface area contributed by atoms with Crippen molar-refractivity contribution in [1.29, 1.82) is 0 Å². The summed E-state index contributed by atoms with van der Waals surface area (Å²) in [5.41, 5.74) is 2.45. The number of aromatic amines is 1. The first-order chi connectivity index (χ1) is 9.19. The van der Waals surface area contributed by atoms with Crippen molar-refractivity contribution >= 4 is 10.9 Å². The van der Waals surface area contributed by atoms with Gasteiger partial charge in [-0.2, -0.15) is 0 Å². The molecule has 1 aliphatic heterocycles. The lowest BCUT2D eigenvalue weighted by Gasteiger charge is -2.00. The summed E-state index contributed by atoms with van der Waals surface area (Å²) < 4.78 is 10.2. The molecule has 2 aromatic rings. The van der Waals surface area contributed by atoms with Gasteiger partial charge in [0.25, 0.3) is 0 Å². The van der Waals surface area contributed by atoms with Gasteiger partial charge in [0, 0.05) is 11.2 Å². The monoisotopic (exact) mass is 259 g/mol. The van der Waals surface area contributed by atoms with Gasteiger partial charge >= 0.3 is 0 Å². The van der Waals surface area contributed by atoms with E-state index in [-0.39, 0.29) is 0 Å². The predicted molar refractivity (Wildman–Crippen MR) is 78.2 cm³/mol. The summed E-state index contributed by atoms with van der Waals surface area (Å²) in [6.07, 6.45) is 2.32. The summed E-state index contributed by atoms with van der Waals surface area (Å²) in [7, 11) is 0. The van der Waals surface area contributed by atoms with Crippen molar-refractivity contribution < 1.29 is 9.47 Å². The average Bonchev–Trinajstić information content (AvgIpc) is 3.16. The standard InChI is InChI=1S/C9H9N.C7H12O2/c1-7-6-8-4-2-3-5-9(8)10-7;1-3-6(2)8-4-7-5-9-7/h2-6,10H,1H3;3,7H,4-5H2,1-2H3/b;6-3+. The van der Waals surface area contributed by atoms with E-state index in [2.05, 4.69) is 36.2 Å². The zero-order valence-corrected chi connectivity index (χ0v) is 11.8. The minimum atomic E-state index is 0.375. The van der Waals surface area contributed by atoms with E-state index in [1.165, 1.54) is 16.6 Å². The van der Waals surface area contributed by atoms with Crippen LogP contribution in [-0.2, 0) is 9.47 Å². The van der Waals surface area contributed by atoms with Gasteiger partial charge in [0.15, 0.2) is 0 Å². The highest BCUT2D eigenvalue weighted by atomic mass is 16.6. The normalized spacial score (nSPS) is 17.8. The smallest absolute Gasteiger partial charge is 0.116 e. The molecule has 102 valence electrons. The maximum Gasteiger partial charge on any atom is 0.116 e. The SMILES string of the molecule is C/C=C(\C)OCC1CO1.Cc1cc2ccccc2[nH]1. The fourth-order valence-electron chi connectivity index (χ4n) is 1.69. The number of rotatable bonds is 3. The summed E-state index contributed by atoms with van der Waals surface area (Å²) in [6, 6.07) is 10.4. The maximum atomic E-state index is 5.25. The van der Waals surface area contributed by atoms with E-state index in [9.17, 15) is 0 Å². The molecule has 3 rings (SSSR count). The van der Waals surface area contributed by atoms with Crippen molar-refractivity contribution in [2.24, 2.45) is 0 Å². The zero-order chi connectivity index (χ0) is 13.7. The van der Waals surface area contributed by atoms with Crippen molar-refractivity contribution in [3.63, 3.8) is 0 Å². The summed E-state index contributed by atoms with van der Waals surface area (Å²) in [4.78, 5) is 3.26. The van der Waals surface area contributed by atoms with Gasteiger partial charge in [0.05, 0.1) is 12.4 Å². The topological polar surface area (TPSA) is 37.5 Å². The summed E-state index contributed by atoms with van der Waals surface area (Å²) >= 11 is 0. The van der Waals surface area contributed by atoms with Crippen LogP contribution in [0, 0.1) is 6.92 Å². The Labute approximate surface area is 114 Å². The number of hydrogen-bond acceptors (Lipinski definition) is 2. The molecule has 19 heavy (non-hydrogen) atoms. The third-order valence-electron chi connectivity index (χ3n) is 2.97. The maximum absolute atomic E-state index is 5.25. The van der Waals surface area contributed by atoms with E-state index in [1.54, 1.807) is 0 Å². The number of allylic oxidation sites excluding steroid dienone is 2. The van der Waals surface area contributed by atoms with Crippen LogP contribution in [0.2, 0.25) is 0 Å². The van der Waals surface area contributed by atoms with E-state index in [0.717, 1.165) is 19.0 Å². The van der Waals surface area contributed by atoms with Crippen LogP contribution in [0.4, 0.5) is 0 Å². The van der Waals surface area contributed by atoms with Crippen LogP contribution >= 0.6 is 0 Å². The van der Waals surface area contributed by atoms with Gasteiger partial charge in [-0.25, -0.2) is 0 Å². The molecular formula is C16H21NO2. The highest BCUT2D eigenvalue weighted by Gasteiger charge is 2.22. The largest absolute Gasteiger partial charge is 0.496 e. The Morgan fingerprint density at radius 3 is 2.84 bits per heavy atom. The molecule has 0 saturated carbocycles. The van der Waals surface area contributed by atoms with Gasteiger partial charge < -0.3 is 14.5 Å². The molecule has 0 radical (unpaired) electrons. The van der Waals surface area contributed by atoms with Crippen LogP contribution in [-0.4, -0.2) is 24.3 Å². The number of hydrogen-bond donors (Lipinski definition) is 1. The molecule has 0 amide bonds. The Hall–Kier alpha value is -1.74. The summed E-state index contributed by atoms with van der Waals surface area (Å²) in [5.74, 6) is 0.977. The molecule has 1 fully saturated rings. The van der Waals surface area contributed by atoms with Crippen molar-refractivity contribution in [3.8, 4) is 0 Å². The van der Waals surface area contributed by atoms with Gasteiger partial charge in [-0.1, -0.05) is 24.3 Å². The van der Waals surface area contributed by atoms with Gasteiger partial charge in [-0.05, 0) is 38.3 Å². The Bertz CT molecular complexity index is 520. The van der Waals surface area contributed by atoms with Crippen LogP contribution in [0.15, 0.2) is 42.2 Å². The third-order valence-corrected chi connectivity index (χ3v) is 2.97. The highest BCUT2D eigenvalue weighted by Crippen LogP contribution is 2.13. The molecule has 2 heterocycles. The Morgan fingerprint density at radius 2 is 2.21 bits per heavy atom. The number of fused-ring (bicyclic) bond motifs is 1. The first kappa shape index (κ1) is 13.7. The lowest BCUT2D eigenvalue weighted by molar-refractivity contribution is 0.184. The molecule has 1 aliphatic rings. The number of para-hydroxylation sites is 1. The van der Waals surface area contributed by atoms with Crippen molar-refractivity contribution in [2.45, 2.75) is 26.9 Å². The minimum absolute atomic E-state index is 0.375. The molecule has 1 saturated heterocycles. The molecule has 0 aliphatic carbocycles. The number of aryl methyl sites for hydroxylation is 1. The lowest BCUT2D eigenvalue weighted by Crippen LogP contribution is -1.98. The van der Waals surface area contributed by atoms with Crippen LogP contribution in [0.3, 0.4) is 0 Å². The number of benzene rings is 1. The first-order valence-corrected chi connectivity index (χ1v) is 6.60. The van der Waals surface area contributed by atoms with Gasteiger partial charge in [0.2, 0.25) is 0 Å². The van der Waals surface area contributed by atoms with Gasteiger partial charge in [-0.15, -0.1) is 0 Å². The zero-order valence-electron chi connectivity index (χ0n) is 11.8. The number of epoxide rings is 1. The van der Waals surface area contributed by atoms with Crippen LogP contribution in [0.5, 0.6) is 0 Å². The van der Waals surface area contributed by atoms with Gasteiger partial charge in [0.1, 0.15) is 12.7 Å². The molecule has 1 aromatic carbocycles. The van der Waals surface area contributed by atoms with Gasteiger partial charge in [-0.3, -0.25) is 0 Å².